The van der Waals surface area contributed by atoms with Gasteiger partial charge in [0, 0.05) is 6.16 Å². The predicted molar refractivity (Wildman–Crippen MR) is 23.9 cm³/mol. The number of rotatable bonds is 1. The molecule has 0 amide bonds. The van der Waals surface area contributed by atoms with Crippen LogP contribution in [0.4, 0.5) is 0 Å². The monoisotopic (exact) mass is 93.0 g/mol. The van der Waals surface area contributed by atoms with E-state index in [0.717, 1.165) is 0 Å². The van der Waals surface area contributed by atoms with Gasteiger partial charge < -0.3 is 4.89 Å². The van der Waals surface area contributed by atoms with Crippen molar-refractivity contribution in [2.45, 2.75) is 6.92 Å². The van der Waals surface area contributed by atoms with Crippen molar-refractivity contribution in [2.75, 3.05) is 6.16 Å². The fourth-order valence-corrected chi connectivity index (χ4v) is 0. The summed E-state index contributed by atoms with van der Waals surface area (Å²) in [5.41, 5.74) is 4.91. The van der Waals surface area contributed by atoms with Gasteiger partial charge >= 0.3 is 0 Å². The quantitative estimate of drug-likeness (QED) is 0.457. The van der Waals surface area contributed by atoms with Gasteiger partial charge in [-0.15, -0.1) is 0 Å². The van der Waals surface area contributed by atoms with Crippen molar-refractivity contribution in [1.82, 2.24) is 0 Å². The Morgan fingerprint density at radius 2 is 2.20 bits per heavy atom. The molecule has 0 heterocycles. The minimum atomic E-state index is -1.10. The van der Waals surface area contributed by atoms with Crippen LogP contribution in [0.1, 0.15) is 6.92 Å². The lowest BCUT2D eigenvalue weighted by atomic mass is 11.0. The van der Waals surface area contributed by atoms with Gasteiger partial charge in [-0.3, -0.25) is 5.50 Å². The van der Waals surface area contributed by atoms with Gasteiger partial charge in [0.25, 0.3) is 0 Å². The van der Waals surface area contributed by atoms with Gasteiger partial charge in [-0.05, 0) is 0 Å². The van der Waals surface area contributed by atoms with E-state index in [1.165, 1.54) is 0 Å². The van der Waals surface area contributed by atoms with E-state index in [2.05, 4.69) is 0 Å². The van der Waals surface area contributed by atoms with Crippen LogP contribution in [0, 0.1) is 0 Å². The zero-order chi connectivity index (χ0) is 4.28. The third-order valence-electron chi connectivity index (χ3n) is 0.324. The van der Waals surface area contributed by atoms with E-state index in [1.807, 2.05) is 6.92 Å². The molecule has 0 saturated heterocycles. The zero-order valence-electron chi connectivity index (χ0n) is 3.18. The van der Waals surface area contributed by atoms with Crippen LogP contribution in [0.2, 0.25) is 0 Å². The topological polar surface area (TPSA) is 46.2 Å². The van der Waals surface area contributed by atoms with Crippen molar-refractivity contribution >= 4 is 8.30 Å². The molecule has 1 unspecified atom stereocenters. The van der Waals surface area contributed by atoms with E-state index >= 15 is 0 Å². The van der Waals surface area contributed by atoms with Crippen molar-refractivity contribution < 1.29 is 4.89 Å². The average molecular weight is 93.1 g/mol. The van der Waals surface area contributed by atoms with Crippen molar-refractivity contribution in [2.24, 2.45) is 5.50 Å². The van der Waals surface area contributed by atoms with E-state index in [4.69, 9.17) is 10.4 Å². The van der Waals surface area contributed by atoms with Gasteiger partial charge in [0.2, 0.25) is 0 Å². The fraction of sp³-hybridized carbons (Fsp3) is 1.00. The highest BCUT2D eigenvalue weighted by Gasteiger charge is 1.82. The Morgan fingerprint density at radius 1 is 2.00 bits per heavy atom. The smallest absolute Gasteiger partial charge is 0.0946 e. The van der Waals surface area contributed by atoms with Gasteiger partial charge in [0.05, 0.1) is 8.30 Å². The van der Waals surface area contributed by atoms with E-state index < -0.39 is 8.30 Å². The maximum atomic E-state index is 8.20. The lowest BCUT2D eigenvalue weighted by Gasteiger charge is -1.90. The molecule has 3 heteroatoms. The predicted octanol–water partition coefficient (Wildman–Crippen LogP) is 0.269. The molecule has 0 aromatic rings. The maximum absolute atomic E-state index is 8.20. The van der Waals surface area contributed by atoms with Gasteiger partial charge in [0.1, 0.15) is 0 Å². The Balaban J connectivity index is 2.54. The molecule has 32 valence electrons. The van der Waals surface area contributed by atoms with Crippen LogP contribution in [-0.2, 0) is 0 Å². The first-order valence-corrected chi connectivity index (χ1v) is 3.03. The minimum Gasteiger partial charge on any atom is -0.359 e. The van der Waals surface area contributed by atoms with Gasteiger partial charge in [-0.25, -0.2) is 0 Å². The maximum Gasteiger partial charge on any atom is 0.0946 e. The molecule has 0 fully saturated rings. The first kappa shape index (κ1) is 5.35. The standard InChI is InChI=1S/C2H8NOP/c1-2-5(3)4/h4H,2-3H2,1H3. The number of hydrogen-bond donors (Lipinski definition) is 2. The summed E-state index contributed by atoms with van der Waals surface area (Å²) in [6, 6.07) is 0. The summed E-state index contributed by atoms with van der Waals surface area (Å²) in [6.45, 7) is 1.85. The fourth-order valence-electron chi connectivity index (χ4n) is 0. The van der Waals surface area contributed by atoms with Crippen LogP contribution in [-0.4, -0.2) is 11.1 Å². The summed E-state index contributed by atoms with van der Waals surface area (Å²) in [5.74, 6) is 0. The summed E-state index contributed by atoms with van der Waals surface area (Å²) < 4.78 is 0. The third kappa shape index (κ3) is 4.35. The lowest BCUT2D eigenvalue weighted by Crippen LogP contribution is -1.85. The molecule has 0 radical (unpaired) electrons. The highest BCUT2D eigenvalue weighted by atomic mass is 31.2. The molecule has 0 aliphatic heterocycles. The second-order valence-corrected chi connectivity index (χ2v) is 2.27. The van der Waals surface area contributed by atoms with Crippen LogP contribution in [0.15, 0.2) is 0 Å². The SMILES string of the molecule is CCP(N)O. The molecule has 0 aliphatic rings. The Kier molecular flexibility index (Phi) is 2.76. The van der Waals surface area contributed by atoms with Crippen molar-refractivity contribution in [3.05, 3.63) is 0 Å². The van der Waals surface area contributed by atoms with E-state index in [-0.39, 0.29) is 0 Å². The Bertz CT molecular complexity index is 23.6. The molecule has 0 spiro atoms. The van der Waals surface area contributed by atoms with E-state index in [1.54, 1.807) is 0 Å². The lowest BCUT2D eigenvalue weighted by molar-refractivity contribution is 0.626. The largest absolute Gasteiger partial charge is 0.359 e. The molecule has 0 saturated carbocycles. The minimum absolute atomic E-state index is 0.704. The normalized spacial score (nSPS) is 15.0. The summed E-state index contributed by atoms with van der Waals surface area (Å²) in [6.07, 6.45) is 0.704. The second kappa shape index (κ2) is 2.58. The first-order chi connectivity index (χ1) is 2.27. The second-order valence-electron chi connectivity index (χ2n) is 0.756. The van der Waals surface area contributed by atoms with E-state index in [0.29, 0.717) is 6.16 Å². The molecule has 1 atom stereocenters. The molecule has 0 aliphatic carbocycles. The first-order valence-electron chi connectivity index (χ1n) is 1.48. The molecule has 0 aromatic carbocycles. The van der Waals surface area contributed by atoms with Crippen LogP contribution < -0.4 is 5.50 Å². The Morgan fingerprint density at radius 3 is 2.20 bits per heavy atom. The van der Waals surface area contributed by atoms with Gasteiger partial charge in [-0.1, -0.05) is 6.92 Å². The highest BCUT2D eigenvalue weighted by molar-refractivity contribution is 7.48. The van der Waals surface area contributed by atoms with Gasteiger partial charge in [-0.2, -0.15) is 0 Å². The van der Waals surface area contributed by atoms with Crippen LogP contribution in [0.25, 0.3) is 0 Å². The molecule has 5 heavy (non-hydrogen) atoms. The Hall–Kier alpha value is 0.350. The van der Waals surface area contributed by atoms with Crippen molar-refractivity contribution in [3.63, 3.8) is 0 Å². The zero-order valence-corrected chi connectivity index (χ0v) is 4.07. The third-order valence-corrected chi connectivity index (χ3v) is 0.972. The molecule has 2 nitrogen and oxygen atoms in total. The highest BCUT2D eigenvalue weighted by Crippen LogP contribution is 2.14. The molecule has 3 N–H and O–H groups in total. The summed E-state index contributed by atoms with van der Waals surface area (Å²) in [4.78, 5) is 8.20. The molecule has 0 rings (SSSR count). The van der Waals surface area contributed by atoms with Crippen LogP contribution in [0.5, 0.6) is 0 Å². The summed E-state index contributed by atoms with van der Waals surface area (Å²) in [7, 11) is -1.10. The number of hydrogen-bond acceptors (Lipinski definition) is 2. The van der Waals surface area contributed by atoms with Crippen molar-refractivity contribution in [1.29, 1.82) is 0 Å². The summed E-state index contributed by atoms with van der Waals surface area (Å²) >= 11 is 0. The summed E-state index contributed by atoms with van der Waals surface area (Å²) in [5, 5.41) is 0. The van der Waals surface area contributed by atoms with E-state index in [9.17, 15) is 0 Å². The van der Waals surface area contributed by atoms with Crippen LogP contribution in [0.3, 0.4) is 0 Å². The molecular weight excluding hydrogens is 85.0 g/mol. The molecular formula is C2H8NOP. The Labute approximate surface area is 32.9 Å². The van der Waals surface area contributed by atoms with Gasteiger partial charge in [0.15, 0.2) is 0 Å². The molecule has 0 bridgehead atoms. The van der Waals surface area contributed by atoms with Crippen LogP contribution >= 0.6 is 8.30 Å². The molecule has 0 aromatic heterocycles. The number of nitrogens with two attached hydrogens (primary N) is 1. The average Bonchev–Trinajstić information content (AvgIpc) is 1.38. The van der Waals surface area contributed by atoms with Crippen molar-refractivity contribution in [3.8, 4) is 0 Å².